The van der Waals surface area contributed by atoms with Crippen LogP contribution in [0.4, 0.5) is 11.4 Å². The van der Waals surface area contributed by atoms with Crippen LogP contribution >= 0.6 is 11.6 Å². The first-order valence-electron chi connectivity index (χ1n) is 9.08. The van der Waals surface area contributed by atoms with Crippen LogP contribution in [0.5, 0.6) is 5.75 Å². The number of fused-ring (bicyclic) bond motifs is 3. The Bertz CT molecular complexity index is 1110. The Morgan fingerprint density at radius 3 is 2.90 bits per heavy atom. The number of carbonyl (C=O) groups excluding carboxylic acids is 1. The second-order valence-electron chi connectivity index (χ2n) is 6.78. The van der Waals surface area contributed by atoms with Crippen LogP contribution in [0, 0.1) is 0 Å². The van der Waals surface area contributed by atoms with Crippen LogP contribution in [0.25, 0.3) is 11.3 Å². The Hall–Kier alpha value is -3.17. The summed E-state index contributed by atoms with van der Waals surface area (Å²) in [6.07, 6.45) is 2.02. The summed E-state index contributed by atoms with van der Waals surface area (Å²) >= 11 is 5.99. The summed E-state index contributed by atoms with van der Waals surface area (Å²) in [6, 6.07) is 7.55. The van der Waals surface area contributed by atoms with Gasteiger partial charge in [-0.3, -0.25) is 9.48 Å². The van der Waals surface area contributed by atoms with Gasteiger partial charge in [0.05, 0.1) is 30.6 Å². The molecule has 1 saturated heterocycles. The maximum Gasteiger partial charge on any atom is 0.273 e. The van der Waals surface area contributed by atoms with Gasteiger partial charge in [0, 0.05) is 30.4 Å². The van der Waals surface area contributed by atoms with E-state index in [1.807, 2.05) is 29.1 Å². The monoisotopic (exact) mass is 412 g/mol. The highest BCUT2D eigenvalue weighted by Gasteiger charge is 2.28. The first-order valence-corrected chi connectivity index (χ1v) is 9.46. The van der Waals surface area contributed by atoms with E-state index in [2.05, 4.69) is 20.8 Å². The van der Waals surface area contributed by atoms with Crippen LogP contribution in [0.1, 0.15) is 22.1 Å². The van der Waals surface area contributed by atoms with E-state index in [4.69, 9.17) is 26.2 Å². The SMILES string of the molecule is CNC(=O)c1nnc(Cl)cc1Nc1cccc2c1OCc1cn(C3COC3)nc1-2. The molecule has 0 saturated carbocycles. The second kappa shape index (κ2) is 7.02. The van der Waals surface area contributed by atoms with Crippen LogP contribution in [0.15, 0.2) is 30.5 Å². The quantitative estimate of drug-likeness (QED) is 0.678. The molecule has 148 valence electrons. The molecular weight excluding hydrogens is 396 g/mol. The van der Waals surface area contributed by atoms with Gasteiger partial charge in [-0.05, 0) is 12.1 Å². The third-order valence-electron chi connectivity index (χ3n) is 4.92. The molecule has 2 aliphatic rings. The molecule has 0 atom stereocenters. The number of nitrogens with zero attached hydrogens (tertiary/aromatic N) is 4. The fourth-order valence-electron chi connectivity index (χ4n) is 3.35. The molecule has 0 radical (unpaired) electrons. The third-order valence-corrected chi connectivity index (χ3v) is 5.10. The number of ether oxygens (including phenoxy) is 2. The van der Waals surface area contributed by atoms with Gasteiger partial charge in [0.1, 0.15) is 12.3 Å². The van der Waals surface area contributed by atoms with Crippen molar-refractivity contribution < 1.29 is 14.3 Å². The average Bonchev–Trinajstić information content (AvgIpc) is 3.10. The lowest BCUT2D eigenvalue weighted by Gasteiger charge is -2.25. The molecule has 29 heavy (non-hydrogen) atoms. The minimum Gasteiger partial charge on any atom is -0.486 e. The number of rotatable bonds is 4. The van der Waals surface area contributed by atoms with Gasteiger partial charge < -0.3 is 20.1 Å². The zero-order chi connectivity index (χ0) is 20.0. The molecule has 1 aromatic carbocycles. The number of anilines is 2. The lowest BCUT2D eigenvalue weighted by molar-refractivity contribution is -0.0285. The van der Waals surface area contributed by atoms with Crippen molar-refractivity contribution in [3.8, 4) is 17.0 Å². The zero-order valence-corrected chi connectivity index (χ0v) is 16.2. The molecule has 4 heterocycles. The van der Waals surface area contributed by atoms with Gasteiger partial charge in [-0.2, -0.15) is 5.10 Å². The van der Waals surface area contributed by atoms with Gasteiger partial charge in [-0.15, -0.1) is 10.2 Å². The highest BCUT2D eigenvalue weighted by molar-refractivity contribution is 6.29. The molecule has 2 aromatic heterocycles. The number of carbonyl (C=O) groups is 1. The summed E-state index contributed by atoms with van der Waals surface area (Å²) < 4.78 is 13.3. The molecule has 0 bridgehead atoms. The fourth-order valence-corrected chi connectivity index (χ4v) is 3.49. The highest BCUT2D eigenvalue weighted by atomic mass is 35.5. The van der Waals surface area contributed by atoms with Crippen LogP contribution in [-0.4, -0.2) is 46.1 Å². The van der Waals surface area contributed by atoms with Crippen molar-refractivity contribution in [3.05, 3.63) is 46.9 Å². The topological polar surface area (TPSA) is 103 Å². The van der Waals surface area contributed by atoms with Crippen molar-refractivity contribution in [2.45, 2.75) is 12.6 Å². The van der Waals surface area contributed by atoms with Crippen molar-refractivity contribution in [1.82, 2.24) is 25.3 Å². The minimum absolute atomic E-state index is 0.139. The number of nitrogens with one attached hydrogen (secondary N) is 2. The molecule has 9 nitrogen and oxygen atoms in total. The lowest BCUT2D eigenvalue weighted by Crippen LogP contribution is -2.30. The van der Waals surface area contributed by atoms with Crippen molar-refractivity contribution in [2.75, 3.05) is 25.6 Å². The van der Waals surface area contributed by atoms with E-state index in [1.165, 1.54) is 7.05 Å². The van der Waals surface area contributed by atoms with E-state index in [9.17, 15) is 4.79 Å². The normalized spacial score (nSPS) is 15.0. The highest BCUT2D eigenvalue weighted by Crippen LogP contribution is 2.43. The standard InChI is InChI=1S/C19H17ClN6O3/c1-21-19(27)17-14(5-15(20)23-24-17)22-13-4-2-3-12-16-10(7-29-18(12)13)6-26(25-16)11-8-28-9-11/h2-6,11H,7-9H2,1H3,(H,21,27)(H,22,23). The zero-order valence-electron chi connectivity index (χ0n) is 15.5. The van der Waals surface area contributed by atoms with Crippen molar-refractivity contribution in [3.63, 3.8) is 0 Å². The maximum atomic E-state index is 12.1. The van der Waals surface area contributed by atoms with E-state index in [1.54, 1.807) is 6.07 Å². The Morgan fingerprint density at radius 2 is 2.14 bits per heavy atom. The van der Waals surface area contributed by atoms with E-state index < -0.39 is 0 Å². The van der Waals surface area contributed by atoms with Crippen LogP contribution in [-0.2, 0) is 11.3 Å². The summed E-state index contributed by atoms with van der Waals surface area (Å²) in [5.41, 5.74) is 4.05. The van der Waals surface area contributed by atoms with Gasteiger partial charge in [0.25, 0.3) is 5.91 Å². The average molecular weight is 413 g/mol. The number of para-hydroxylation sites is 1. The molecule has 5 rings (SSSR count). The van der Waals surface area contributed by atoms with Crippen LogP contribution < -0.4 is 15.4 Å². The predicted octanol–water partition coefficient (Wildman–Crippen LogP) is 2.56. The van der Waals surface area contributed by atoms with Gasteiger partial charge in [-0.25, -0.2) is 0 Å². The molecule has 1 amide bonds. The van der Waals surface area contributed by atoms with Crippen LogP contribution in [0.2, 0.25) is 5.15 Å². The van der Waals surface area contributed by atoms with Crippen LogP contribution in [0.3, 0.4) is 0 Å². The second-order valence-corrected chi connectivity index (χ2v) is 7.17. The molecule has 10 heteroatoms. The number of hydrogen-bond donors (Lipinski definition) is 2. The number of hydrogen-bond acceptors (Lipinski definition) is 7. The fraction of sp³-hybridized carbons (Fsp3) is 0.263. The Kier molecular flexibility index (Phi) is 4.33. The molecule has 0 spiro atoms. The summed E-state index contributed by atoms with van der Waals surface area (Å²) in [4.78, 5) is 12.1. The first kappa shape index (κ1) is 17.9. The summed E-state index contributed by atoms with van der Waals surface area (Å²) in [5, 5.41) is 18.4. The molecule has 2 aliphatic heterocycles. The Labute approximate surface area is 171 Å². The molecule has 3 aromatic rings. The van der Waals surface area contributed by atoms with E-state index >= 15 is 0 Å². The van der Waals surface area contributed by atoms with Crippen molar-refractivity contribution in [2.24, 2.45) is 0 Å². The van der Waals surface area contributed by atoms with Gasteiger partial charge in [0.2, 0.25) is 0 Å². The summed E-state index contributed by atoms with van der Waals surface area (Å²) in [6.45, 7) is 1.76. The molecule has 1 fully saturated rings. The predicted molar refractivity (Wildman–Crippen MR) is 106 cm³/mol. The van der Waals surface area contributed by atoms with Gasteiger partial charge >= 0.3 is 0 Å². The van der Waals surface area contributed by atoms with Crippen molar-refractivity contribution >= 4 is 28.9 Å². The maximum absolute atomic E-state index is 12.1. The first-order chi connectivity index (χ1) is 14.1. The van der Waals surface area contributed by atoms with E-state index in [0.29, 0.717) is 36.9 Å². The third kappa shape index (κ3) is 3.08. The van der Waals surface area contributed by atoms with Gasteiger partial charge in [-0.1, -0.05) is 17.7 Å². The smallest absolute Gasteiger partial charge is 0.273 e. The Balaban J connectivity index is 1.53. The molecule has 0 unspecified atom stereocenters. The minimum atomic E-state index is -0.369. The van der Waals surface area contributed by atoms with Gasteiger partial charge in [0.15, 0.2) is 16.6 Å². The van der Waals surface area contributed by atoms with E-state index in [-0.39, 0.29) is 22.8 Å². The lowest BCUT2D eigenvalue weighted by atomic mass is 10.0. The van der Waals surface area contributed by atoms with E-state index in [0.717, 1.165) is 16.8 Å². The number of aromatic nitrogens is 4. The Morgan fingerprint density at radius 1 is 1.28 bits per heavy atom. The number of amides is 1. The van der Waals surface area contributed by atoms with Crippen molar-refractivity contribution in [1.29, 1.82) is 0 Å². The summed E-state index contributed by atoms with van der Waals surface area (Å²) in [5.74, 6) is 0.289. The molecule has 0 aliphatic carbocycles. The summed E-state index contributed by atoms with van der Waals surface area (Å²) in [7, 11) is 1.53. The number of halogens is 1. The largest absolute Gasteiger partial charge is 0.486 e. The number of benzene rings is 1. The molecule has 2 N–H and O–H groups in total. The molecular formula is C19H17ClN6O3.